The Hall–Kier alpha value is -2.10. The number of alkyl halides is 3. The summed E-state index contributed by atoms with van der Waals surface area (Å²) >= 11 is 0. The maximum atomic E-state index is 12.6. The first kappa shape index (κ1) is 26.9. The smallest absolute Gasteiger partial charge is 0.416 e. The van der Waals surface area contributed by atoms with Crippen LogP contribution in [-0.2, 0) is 29.3 Å². The number of ether oxygens (including phenoxy) is 1. The molecule has 1 aromatic rings. The zero-order valence-electron chi connectivity index (χ0n) is 17.8. The van der Waals surface area contributed by atoms with Crippen molar-refractivity contribution in [3.63, 3.8) is 0 Å². The van der Waals surface area contributed by atoms with E-state index in [1.165, 1.54) is 0 Å². The lowest BCUT2D eigenvalue weighted by atomic mass is 10.1. The molecule has 0 bridgehead atoms. The van der Waals surface area contributed by atoms with Crippen molar-refractivity contribution in [2.24, 2.45) is 5.92 Å². The topological polar surface area (TPSA) is 103 Å². The van der Waals surface area contributed by atoms with E-state index in [1.807, 2.05) is 13.8 Å². The Balaban J connectivity index is 2.77. The van der Waals surface area contributed by atoms with Crippen molar-refractivity contribution in [1.29, 1.82) is 0 Å². The number of halogens is 3. The number of amides is 2. The molecule has 8 nitrogen and oxygen atoms in total. The van der Waals surface area contributed by atoms with Crippen LogP contribution in [0.1, 0.15) is 39.7 Å². The second-order valence-electron chi connectivity index (χ2n) is 6.87. The number of rotatable bonds is 11. The predicted octanol–water partition coefficient (Wildman–Crippen LogP) is 5.01. The number of nitrogens with one attached hydrogen (secondary N) is 2. The second-order valence-corrected chi connectivity index (χ2v) is 8.92. The number of carbonyl (C=O) groups excluding carboxylic acids is 2. The van der Waals surface area contributed by atoms with Gasteiger partial charge in [-0.05, 0) is 50.5 Å². The standard InChI is InChI=1S/C19H28F3N2O6P/c1-5-28-31(27,29-6-2)12-23-17(25)16(11-13(3)4)30-18(26)24-15-9-7-14(8-10-15)19(20,21)22/h7-10,13,16H,5-6,11-12H2,1-4H3,(H,23,25)(H,24,26)/t16-/m0/s1. The lowest BCUT2D eigenvalue weighted by molar-refractivity contribution is -0.137. The Morgan fingerprint density at radius 1 is 1.06 bits per heavy atom. The van der Waals surface area contributed by atoms with Gasteiger partial charge in [0, 0.05) is 5.69 Å². The van der Waals surface area contributed by atoms with E-state index in [1.54, 1.807) is 13.8 Å². The highest BCUT2D eigenvalue weighted by atomic mass is 31.2. The number of hydrogen-bond acceptors (Lipinski definition) is 6. The van der Waals surface area contributed by atoms with E-state index in [0.717, 1.165) is 24.3 Å². The highest BCUT2D eigenvalue weighted by molar-refractivity contribution is 7.53. The van der Waals surface area contributed by atoms with Gasteiger partial charge in [-0.1, -0.05) is 13.8 Å². The minimum Gasteiger partial charge on any atom is -0.436 e. The molecule has 0 saturated carbocycles. The van der Waals surface area contributed by atoms with Gasteiger partial charge in [0.2, 0.25) is 0 Å². The fourth-order valence-electron chi connectivity index (χ4n) is 2.47. The first-order valence-electron chi connectivity index (χ1n) is 9.71. The normalized spacial score (nSPS) is 13.0. The third-order valence-electron chi connectivity index (χ3n) is 3.78. The van der Waals surface area contributed by atoms with Crippen LogP contribution < -0.4 is 10.6 Å². The minimum atomic E-state index is -4.50. The van der Waals surface area contributed by atoms with Crippen LogP contribution in [0.5, 0.6) is 0 Å². The van der Waals surface area contributed by atoms with Crippen molar-refractivity contribution in [1.82, 2.24) is 5.32 Å². The molecule has 2 amide bonds. The fourth-order valence-corrected chi connectivity index (χ4v) is 3.86. The van der Waals surface area contributed by atoms with Crippen LogP contribution in [0.25, 0.3) is 0 Å². The largest absolute Gasteiger partial charge is 0.436 e. The van der Waals surface area contributed by atoms with Crippen molar-refractivity contribution < 1.29 is 41.1 Å². The van der Waals surface area contributed by atoms with E-state index >= 15 is 0 Å². The molecule has 0 aliphatic heterocycles. The van der Waals surface area contributed by atoms with Crippen LogP contribution in [0.4, 0.5) is 23.7 Å². The summed E-state index contributed by atoms with van der Waals surface area (Å²) in [4.78, 5) is 24.7. The highest BCUT2D eigenvalue weighted by Gasteiger charge is 2.31. The number of anilines is 1. The molecule has 0 radical (unpaired) electrons. The molecule has 0 aromatic heterocycles. The van der Waals surface area contributed by atoms with Gasteiger partial charge in [-0.25, -0.2) is 4.79 Å². The van der Waals surface area contributed by atoms with Crippen LogP contribution in [0.3, 0.4) is 0 Å². The monoisotopic (exact) mass is 468 g/mol. The highest BCUT2D eigenvalue weighted by Crippen LogP contribution is 2.46. The first-order chi connectivity index (χ1) is 14.4. The molecule has 1 aromatic carbocycles. The average molecular weight is 468 g/mol. The lowest BCUT2D eigenvalue weighted by Gasteiger charge is -2.22. The second kappa shape index (κ2) is 12.1. The molecule has 31 heavy (non-hydrogen) atoms. The van der Waals surface area contributed by atoms with Gasteiger partial charge < -0.3 is 19.1 Å². The molecule has 1 rings (SSSR count). The van der Waals surface area contributed by atoms with E-state index < -0.39 is 43.7 Å². The molecule has 1 atom stereocenters. The molecule has 0 saturated heterocycles. The molecule has 0 unspecified atom stereocenters. The van der Waals surface area contributed by atoms with Crippen LogP contribution >= 0.6 is 7.60 Å². The number of benzene rings is 1. The van der Waals surface area contributed by atoms with E-state index in [2.05, 4.69) is 10.6 Å². The molecule has 0 aliphatic carbocycles. The van der Waals surface area contributed by atoms with Crippen molar-refractivity contribution >= 4 is 25.3 Å². The summed E-state index contributed by atoms with van der Waals surface area (Å²) in [6.45, 7) is 7.11. The minimum absolute atomic E-state index is 0.0276. The van der Waals surface area contributed by atoms with Gasteiger partial charge >= 0.3 is 19.9 Å². The van der Waals surface area contributed by atoms with Gasteiger partial charge in [-0.3, -0.25) is 14.7 Å². The molecule has 0 heterocycles. The van der Waals surface area contributed by atoms with Gasteiger partial charge in [-0.15, -0.1) is 0 Å². The predicted molar refractivity (Wildman–Crippen MR) is 109 cm³/mol. The Labute approximate surface area is 179 Å². The Morgan fingerprint density at radius 2 is 1.61 bits per heavy atom. The first-order valence-corrected chi connectivity index (χ1v) is 11.4. The number of carbonyl (C=O) groups is 2. The zero-order valence-corrected chi connectivity index (χ0v) is 18.7. The zero-order chi connectivity index (χ0) is 23.7. The summed E-state index contributed by atoms with van der Waals surface area (Å²) in [6, 6.07) is 3.77. The summed E-state index contributed by atoms with van der Waals surface area (Å²) in [6.07, 6.45) is -6.96. The third-order valence-corrected chi connectivity index (χ3v) is 5.63. The molecule has 0 aliphatic rings. The quantitative estimate of drug-likeness (QED) is 0.443. The lowest BCUT2D eigenvalue weighted by Crippen LogP contribution is -2.40. The van der Waals surface area contributed by atoms with Crippen molar-refractivity contribution in [3.8, 4) is 0 Å². The maximum absolute atomic E-state index is 12.6. The summed E-state index contributed by atoms with van der Waals surface area (Å²) in [5, 5.41) is 4.69. The van der Waals surface area contributed by atoms with Crippen LogP contribution in [-0.4, -0.2) is 37.6 Å². The van der Waals surface area contributed by atoms with Crippen molar-refractivity contribution in [2.75, 3.05) is 24.8 Å². The van der Waals surface area contributed by atoms with E-state index in [0.29, 0.717) is 0 Å². The van der Waals surface area contributed by atoms with Gasteiger partial charge in [0.05, 0.1) is 18.8 Å². The average Bonchev–Trinajstić information content (AvgIpc) is 2.65. The van der Waals surface area contributed by atoms with Crippen molar-refractivity contribution in [3.05, 3.63) is 29.8 Å². The fraction of sp³-hybridized carbons (Fsp3) is 0.579. The molecule has 2 N–H and O–H groups in total. The maximum Gasteiger partial charge on any atom is 0.416 e. The number of hydrogen-bond donors (Lipinski definition) is 2. The van der Waals surface area contributed by atoms with Crippen molar-refractivity contribution in [2.45, 2.75) is 46.4 Å². The molecular formula is C19H28F3N2O6P. The molecule has 12 heteroatoms. The summed E-state index contributed by atoms with van der Waals surface area (Å²) in [5.74, 6) is -0.726. The Morgan fingerprint density at radius 3 is 2.06 bits per heavy atom. The van der Waals surface area contributed by atoms with Gasteiger partial charge in [0.1, 0.15) is 6.29 Å². The summed E-state index contributed by atoms with van der Waals surface area (Å²) < 4.78 is 65.7. The summed E-state index contributed by atoms with van der Waals surface area (Å²) in [7, 11) is -3.53. The van der Waals surface area contributed by atoms with E-state index in [9.17, 15) is 27.3 Å². The van der Waals surface area contributed by atoms with Crippen LogP contribution in [0, 0.1) is 5.92 Å². The van der Waals surface area contributed by atoms with Crippen LogP contribution in [0.15, 0.2) is 24.3 Å². The van der Waals surface area contributed by atoms with Gasteiger partial charge in [-0.2, -0.15) is 13.2 Å². The molecule has 176 valence electrons. The molecular weight excluding hydrogens is 440 g/mol. The van der Waals surface area contributed by atoms with Crippen LogP contribution in [0.2, 0.25) is 0 Å². The van der Waals surface area contributed by atoms with E-state index in [4.69, 9.17) is 13.8 Å². The Bertz CT molecular complexity index is 761. The van der Waals surface area contributed by atoms with Gasteiger partial charge in [0.25, 0.3) is 5.91 Å². The SMILES string of the molecule is CCOP(=O)(CNC(=O)[C@H](CC(C)C)OC(=O)Nc1ccc(C(F)(F)F)cc1)OCC. The molecule has 0 fully saturated rings. The summed E-state index contributed by atoms with van der Waals surface area (Å²) in [5.41, 5.74) is -0.796. The Kier molecular flexibility index (Phi) is 10.5. The third kappa shape index (κ3) is 9.71. The molecule has 0 spiro atoms. The van der Waals surface area contributed by atoms with Gasteiger partial charge in [0.15, 0.2) is 6.10 Å². The van der Waals surface area contributed by atoms with E-state index in [-0.39, 0.29) is 31.2 Å².